The number of amides is 1. The van der Waals surface area contributed by atoms with E-state index in [-0.39, 0.29) is 16.7 Å². The molecule has 8 heteroatoms. The first-order valence-corrected chi connectivity index (χ1v) is 13.0. The third-order valence-corrected chi connectivity index (χ3v) is 7.61. The fraction of sp³-hybridized carbons (Fsp3) is 0.400. The van der Waals surface area contributed by atoms with Gasteiger partial charge in [-0.3, -0.25) is 9.52 Å². The van der Waals surface area contributed by atoms with Crippen LogP contribution >= 0.6 is 0 Å². The predicted octanol–water partition coefficient (Wildman–Crippen LogP) is 4.78. The van der Waals surface area contributed by atoms with Gasteiger partial charge < -0.3 is 15.0 Å². The summed E-state index contributed by atoms with van der Waals surface area (Å²) in [5.74, 6) is 0.486. The fourth-order valence-electron chi connectivity index (χ4n) is 4.35. The topological polar surface area (TPSA) is 87.7 Å². The van der Waals surface area contributed by atoms with E-state index in [0.717, 1.165) is 45.2 Å². The molecule has 4 rings (SSSR count). The summed E-state index contributed by atoms with van der Waals surface area (Å²) in [4.78, 5) is 15.0. The lowest BCUT2D eigenvalue weighted by Gasteiger charge is -2.30. The highest BCUT2D eigenvalue weighted by molar-refractivity contribution is 7.92. The molecular formula is C25H31N3O4S. The molecule has 33 heavy (non-hydrogen) atoms. The van der Waals surface area contributed by atoms with Gasteiger partial charge in [0.1, 0.15) is 10.6 Å². The molecule has 0 bridgehead atoms. The molecule has 1 fully saturated rings. The molecule has 7 nitrogen and oxygen atoms in total. The molecule has 0 spiro atoms. The Morgan fingerprint density at radius 1 is 1.00 bits per heavy atom. The van der Waals surface area contributed by atoms with Gasteiger partial charge in [0, 0.05) is 30.4 Å². The van der Waals surface area contributed by atoms with Gasteiger partial charge in [0.05, 0.1) is 12.8 Å². The van der Waals surface area contributed by atoms with E-state index in [0.29, 0.717) is 29.2 Å². The van der Waals surface area contributed by atoms with E-state index in [4.69, 9.17) is 4.74 Å². The Labute approximate surface area is 195 Å². The van der Waals surface area contributed by atoms with Gasteiger partial charge >= 0.3 is 0 Å². The van der Waals surface area contributed by atoms with Gasteiger partial charge in [0.2, 0.25) is 5.91 Å². The highest BCUT2D eigenvalue weighted by Gasteiger charge is 2.25. The number of anilines is 3. The molecule has 2 aromatic rings. The van der Waals surface area contributed by atoms with Crippen LogP contribution in [0.2, 0.25) is 0 Å². The first-order valence-electron chi connectivity index (χ1n) is 11.5. The summed E-state index contributed by atoms with van der Waals surface area (Å²) < 4.78 is 34.8. The zero-order chi connectivity index (χ0) is 23.3. The van der Waals surface area contributed by atoms with Crippen molar-refractivity contribution in [3.8, 4) is 5.75 Å². The second kappa shape index (κ2) is 10.3. The van der Waals surface area contributed by atoms with Crippen molar-refractivity contribution >= 4 is 33.0 Å². The second-order valence-electron chi connectivity index (χ2n) is 8.53. The number of benzene rings is 2. The molecule has 2 N–H and O–H groups in total. The number of hydrogen-bond acceptors (Lipinski definition) is 5. The van der Waals surface area contributed by atoms with Crippen LogP contribution in [0, 0.1) is 5.92 Å². The van der Waals surface area contributed by atoms with E-state index in [9.17, 15) is 13.2 Å². The van der Waals surface area contributed by atoms with Crippen molar-refractivity contribution in [2.45, 2.75) is 43.4 Å². The molecule has 1 heterocycles. The highest BCUT2D eigenvalue weighted by atomic mass is 32.2. The minimum absolute atomic E-state index is 0.0727. The summed E-state index contributed by atoms with van der Waals surface area (Å²) in [6.45, 7) is 1.62. The Morgan fingerprint density at radius 3 is 2.39 bits per heavy atom. The summed E-state index contributed by atoms with van der Waals surface area (Å²) >= 11 is 0. The van der Waals surface area contributed by atoms with E-state index >= 15 is 0 Å². The number of carbonyl (C=O) groups excluding carboxylic acids is 1. The minimum atomic E-state index is -3.89. The lowest BCUT2D eigenvalue weighted by Crippen LogP contribution is -2.31. The summed E-state index contributed by atoms with van der Waals surface area (Å²) in [5, 5.41) is 2.93. The van der Waals surface area contributed by atoms with E-state index < -0.39 is 10.0 Å². The number of nitrogens with zero attached hydrogens (tertiary/aromatic N) is 1. The molecule has 176 valence electrons. The Bertz CT molecular complexity index is 1110. The number of methoxy groups -OCH3 is 1. The van der Waals surface area contributed by atoms with Crippen molar-refractivity contribution in [3.63, 3.8) is 0 Å². The van der Waals surface area contributed by atoms with Crippen molar-refractivity contribution in [1.29, 1.82) is 0 Å². The van der Waals surface area contributed by atoms with Crippen LogP contribution in [0.25, 0.3) is 0 Å². The lowest BCUT2D eigenvalue weighted by atomic mass is 9.93. The molecule has 1 saturated heterocycles. The third-order valence-electron chi connectivity index (χ3n) is 6.20. The molecular weight excluding hydrogens is 438 g/mol. The van der Waals surface area contributed by atoms with Crippen molar-refractivity contribution in [3.05, 3.63) is 54.6 Å². The number of hydrogen-bond donors (Lipinski definition) is 2. The predicted molar refractivity (Wildman–Crippen MR) is 131 cm³/mol. The van der Waals surface area contributed by atoms with E-state index in [2.05, 4.69) is 21.0 Å². The van der Waals surface area contributed by atoms with E-state index in [1.165, 1.54) is 0 Å². The number of sulfonamides is 1. The maximum Gasteiger partial charge on any atom is 0.264 e. The molecule has 1 aliphatic carbocycles. The van der Waals surface area contributed by atoms with E-state index in [1.807, 2.05) is 12.1 Å². The third kappa shape index (κ3) is 5.68. The van der Waals surface area contributed by atoms with Crippen LogP contribution in [-0.4, -0.2) is 34.5 Å². The summed E-state index contributed by atoms with van der Waals surface area (Å²) in [7, 11) is -2.33. The zero-order valence-corrected chi connectivity index (χ0v) is 19.7. The fourth-order valence-corrected chi connectivity index (χ4v) is 5.66. The van der Waals surface area contributed by atoms with Crippen LogP contribution < -0.4 is 19.7 Å². The molecule has 1 atom stereocenters. The van der Waals surface area contributed by atoms with Crippen LogP contribution in [0.1, 0.15) is 38.5 Å². The Morgan fingerprint density at radius 2 is 1.73 bits per heavy atom. The quantitative estimate of drug-likeness (QED) is 0.570. The Kier molecular flexibility index (Phi) is 7.23. The standard InChI is InChI=1S/C25H31N3O4S/c1-32-22-13-10-20(11-14-22)27-33(30,31)24-18-21(26-25(29)19-8-4-2-5-9-19)12-15-23(24)28-16-6-3-7-17-28/h2,4,10-15,18-19,27H,3,5-9,16-17H2,1H3,(H,26,29). The van der Waals surface area contributed by atoms with Crippen LogP contribution in [0.3, 0.4) is 0 Å². The summed E-state index contributed by atoms with van der Waals surface area (Å²) in [5.41, 5.74) is 1.60. The molecule has 0 saturated carbocycles. The molecule has 1 amide bonds. The highest BCUT2D eigenvalue weighted by Crippen LogP contribution is 2.32. The number of rotatable bonds is 7. The summed E-state index contributed by atoms with van der Waals surface area (Å²) in [6.07, 6.45) is 9.72. The Hall–Kier alpha value is -3.00. The van der Waals surface area contributed by atoms with Crippen molar-refractivity contribution in [2.24, 2.45) is 5.92 Å². The van der Waals surface area contributed by atoms with Crippen LogP contribution in [0.4, 0.5) is 17.1 Å². The SMILES string of the molecule is COc1ccc(NS(=O)(=O)c2cc(NC(=O)C3CC=CCC3)ccc2N2CCCCC2)cc1. The normalized spacial score (nSPS) is 18.6. The molecule has 1 unspecified atom stereocenters. The first-order chi connectivity index (χ1) is 16.0. The zero-order valence-electron chi connectivity index (χ0n) is 18.9. The largest absolute Gasteiger partial charge is 0.497 e. The molecule has 2 aromatic carbocycles. The molecule has 1 aliphatic heterocycles. The summed E-state index contributed by atoms with van der Waals surface area (Å²) in [6, 6.07) is 11.9. The first kappa shape index (κ1) is 23.2. The van der Waals surface area contributed by atoms with Crippen molar-refractivity contribution < 1.29 is 17.9 Å². The van der Waals surface area contributed by atoms with Crippen LogP contribution in [0.5, 0.6) is 5.75 Å². The number of carbonyl (C=O) groups is 1. The van der Waals surface area contributed by atoms with Gasteiger partial charge in [-0.2, -0.15) is 0 Å². The van der Waals surface area contributed by atoms with Gasteiger partial charge in [0.15, 0.2) is 0 Å². The molecule has 0 radical (unpaired) electrons. The lowest BCUT2D eigenvalue weighted by molar-refractivity contribution is -0.120. The monoisotopic (exact) mass is 469 g/mol. The maximum atomic E-state index is 13.5. The van der Waals surface area contributed by atoms with Gasteiger partial charge in [-0.25, -0.2) is 8.42 Å². The van der Waals surface area contributed by atoms with Crippen molar-refractivity contribution in [2.75, 3.05) is 35.1 Å². The Balaban J connectivity index is 1.63. The van der Waals surface area contributed by atoms with Gasteiger partial charge in [-0.15, -0.1) is 0 Å². The van der Waals surface area contributed by atoms with Gasteiger partial charge in [-0.05, 0) is 81.0 Å². The maximum absolute atomic E-state index is 13.5. The molecule has 0 aromatic heterocycles. The smallest absolute Gasteiger partial charge is 0.264 e. The second-order valence-corrected chi connectivity index (χ2v) is 10.2. The average Bonchev–Trinajstić information content (AvgIpc) is 2.85. The number of nitrogens with one attached hydrogen (secondary N) is 2. The average molecular weight is 470 g/mol. The number of allylic oxidation sites excluding steroid dienone is 2. The van der Waals surface area contributed by atoms with Crippen LogP contribution in [-0.2, 0) is 14.8 Å². The van der Waals surface area contributed by atoms with E-state index in [1.54, 1.807) is 43.5 Å². The van der Waals surface area contributed by atoms with Crippen LogP contribution in [0.15, 0.2) is 59.5 Å². The number of piperidine rings is 1. The minimum Gasteiger partial charge on any atom is -0.497 e. The number of ether oxygens (including phenoxy) is 1. The molecule has 2 aliphatic rings. The van der Waals surface area contributed by atoms with Crippen molar-refractivity contribution in [1.82, 2.24) is 0 Å². The van der Waals surface area contributed by atoms with Gasteiger partial charge in [0.25, 0.3) is 10.0 Å². The van der Waals surface area contributed by atoms with Gasteiger partial charge in [-0.1, -0.05) is 12.2 Å².